The number of amidine groups is 1. The van der Waals surface area contributed by atoms with Crippen LogP contribution in [-0.4, -0.2) is 22.9 Å². The maximum atomic E-state index is 13.2. The van der Waals surface area contributed by atoms with Crippen molar-refractivity contribution in [1.29, 1.82) is 0 Å². The fraction of sp³-hybridized carbons (Fsp3) is 0.118. The molecule has 2 aliphatic heterocycles. The average Bonchev–Trinajstić information content (AvgIpc) is 2.93. The highest BCUT2D eigenvalue weighted by atomic mass is 32.2. The molecule has 4 nitrogen and oxygen atoms in total. The number of para-hydroxylation sites is 1. The molecule has 6 heteroatoms. The summed E-state index contributed by atoms with van der Waals surface area (Å²) in [4.78, 5) is 20.6. The number of aliphatic imine (C=N–C) groups is 2. The van der Waals surface area contributed by atoms with Gasteiger partial charge in [-0.15, -0.1) is 0 Å². The predicted molar refractivity (Wildman–Crippen MR) is 87.5 cm³/mol. The summed E-state index contributed by atoms with van der Waals surface area (Å²) in [5, 5.41) is 0.380. The lowest BCUT2D eigenvalue weighted by Gasteiger charge is -2.13. The molecule has 4 rings (SSSR count). The standard InChI is InChI=1S/C17H11FN2O2S/c18-11-5-3-4-10(8-11)9-23-17-19-14-12-6-1-2-7-13(12)22-15(14)16(21)20-17/h1-8,15H,9H2. The number of fused-ring (bicyclic) bond motifs is 3. The zero-order valence-corrected chi connectivity index (χ0v) is 12.7. The van der Waals surface area contributed by atoms with Gasteiger partial charge in [0.2, 0.25) is 6.10 Å². The number of carbonyl (C=O) groups is 1. The third-order valence-corrected chi connectivity index (χ3v) is 4.48. The second kappa shape index (κ2) is 5.62. The van der Waals surface area contributed by atoms with Crippen LogP contribution in [0.2, 0.25) is 0 Å². The Morgan fingerprint density at radius 3 is 2.87 bits per heavy atom. The lowest BCUT2D eigenvalue weighted by atomic mass is 10.1. The lowest BCUT2D eigenvalue weighted by Crippen LogP contribution is -2.34. The van der Waals surface area contributed by atoms with Crippen LogP contribution >= 0.6 is 11.8 Å². The van der Waals surface area contributed by atoms with Gasteiger partial charge in [-0.2, -0.15) is 4.99 Å². The second-order valence-corrected chi connectivity index (χ2v) is 6.08. The molecule has 2 aliphatic rings. The molecular formula is C17H11FN2O2S. The minimum absolute atomic E-state index is 0.283. The van der Waals surface area contributed by atoms with Crippen molar-refractivity contribution < 1.29 is 13.9 Å². The topological polar surface area (TPSA) is 51.0 Å². The van der Waals surface area contributed by atoms with Gasteiger partial charge in [0.15, 0.2) is 5.17 Å². The van der Waals surface area contributed by atoms with Gasteiger partial charge in [-0.25, -0.2) is 9.38 Å². The van der Waals surface area contributed by atoms with Crippen molar-refractivity contribution in [2.24, 2.45) is 9.98 Å². The molecule has 1 unspecified atom stereocenters. The number of benzene rings is 2. The molecule has 2 aromatic carbocycles. The Labute approximate surface area is 136 Å². The van der Waals surface area contributed by atoms with E-state index >= 15 is 0 Å². The monoisotopic (exact) mass is 326 g/mol. The van der Waals surface area contributed by atoms with Crippen LogP contribution in [-0.2, 0) is 10.5 Å². The van der Waals surface area contributed by atoms with Crippen molar-refractivity contribution in [1.82, 2.24) is 0 Å². The Hall–Kier alpha value is -2.47. The van der Waals surface area contributed by atoms with E-state index in [9.17, 15) is 9.18 Å². The first kappa shape index (κ1) is 14.1. The second-order valence-electron chi connectivity index (χ2n) is 5.14. The molecule has 0 aliphatic carbocycles. The van der Waals surface area contributed by atoms with Gasteiger partial charge in [-0.3, -0.25) is 4.79 Å². The molecule has 0 spiro atoms. The van der Waals surface area contributed by atoms with E-state index in [1.807, 2.05) is 30.3 Å². The smallest absolute Gasteiger partial charge is 0.295 e. The molecule has 0 N–H and O–H groups in total. The molecule has 1 amide bonds. The van der Waals surface area contributed by atoms with Crippen LogP contribution in [0.15, 0.2) is 58.5 Å². The Kier molecular flexibility index (Phi) is 3.46. The summed E-state index contributed by atoms with van der Waals surface area (Å²) in [6, 6.07) is 13.7. The number of nitrogens with zero attached hydrogens (tertiary/aromatic N) is 2. The third kappa shape index (κ3) is 2.66. The molecule has 23 heavy (non-hydrogen) atoms. The molecule has 114 valence electrons. The first-order valence-electron chi connectivity index (χ1n) is 7.05. The number of hydrogen-bond acceptors (Lipinski definition) is 4. The zero-order chi connectivity index (χ0) is 15.8. The molecule has 2 heterocycles. The summed E-state index contributed by atoms with van der Waals surface area (Å²) in [5.41, 5.74) is 2.24. The number of thioether (sulfide) groups is 1. The highest BCUT2D eigenvalue weighted by Gasteiger charge is 2.38. The molecule has 1 atom stereocenters. The van der Waals surface area contributed by atoms with Crippen LogP contribution in [0.3, 0.4) is 0 Å². The van der Waals surface area contributed by atoms with Gasteiger partial charge in [0.05, 0.1) is 0 Å². The molecule has 0 radical (unpaired) electrons. The fourth-order valence-corrected chi connectivity index (χ4v) is 3.30. The zero-order valence-electron chi connectivity index (χ0n) is 11.9. The van der Waals surface area contributed by atoms with E-state index in [-0.39, 0.29) is 11.7 Å². The Balaban J connectivity index is 1.58. The van der Waals surface area contributed by atoms with Crippen molar-refractivity contribution in [3.63, 3.8) is 0 Å². The molecule has 2 aromatic rings. The number of hydrogen-bond donors (Lipinski definition) is 0. The Morgan fingerprint density at radius 2 is 2.00 bits per heavy atom. The summed E-state index contributed by atoms with van der Waals surface area (Å²) in [6.07, 6.45) is -0.745. The van der Waals surface area contributed by atoms with Gasteiger partial charge in [0, 0.05) is 11.3 Å². The molecule has 0 aromatic heterocycles. The van der Waals surface area contributed by atoms with Crippen molar-refractivity contribution >= 4 is 28.5 Å². The van der Waals surface area contributed by atoms with Crippen LogP contribution in [0.1, 0.15) is 11.1 Å². The maximum Gasteiger partial charge on any atom is 0.295 e. The summed E-state index contributed by atoms with van der Waals surface area (Å²) in [7, 11) is 0. The Bertz CT molecular complexity index is 863. The van der Waals surface area contributed by atoms with Crippen LogP contribution in [0, 0.1) is 5.82 Å². The summed E-state index contributed by atoms with van der Waals surface area (Å²) in [6.45, 7) is 0. The van der Waals surface area contributed by atoms with Crippen molar-refractivity contribution in [3.8, 4) is 5.75 Å². The predicted octanol–water partition coefficient (Wildman–Crippen LogP) is 3.21. The number of rotatable bonds is 2. The molecular weight excluding hydrogens is 315 g/mol. The minimum Gasteiger partial charge on any atom is -0.473 e. The van der Waals surface area contributed by atoms with Gasteiger partial charge in [-0.1, -0.05) is 36.0 Å². The van der Waals surface area contributed by atoms with Crippen LogP contribution in [0.5, 0.6) is 5.75 Å². The number of amides is 1. The van der Waals surface area contributed by atoms with E-state index in [2.05, 4.69) is 9.98 Å². The molecule has 0 bridgehead atoms. The van der Waals surface area contributed by atoms with Crippen LogP contribution in [0.4, 0.5) is 4.39 Å². The van der Waals surface area contributed by atoms with Crippen LogP contribution < -0.4 is 4.74 Å². The molecule has 0 saturated carbocycles. The van der Waals surface area contributed by atoms with Gasteiger partial charge in [-0.05, 0) is 29.8 Å². The quantitative estimate of drug-likeness (QED) is 0.851. The third-order valence-electron chi connectivity index (χ3n) is 3.56. The summed E-state index contributed by atoms with van der Waals surface area (Å²) in [5.74, 6) is 0.506. The van der Waals surface area contributed by atoms with E-state index in [1.54, 1.807) is 6.07 Å². The number of carbonyl (C=O) groups excluding carboxylic acids is 1. The fourth-order valence-electron chi connectivity index (χ4n) is 2.51. The normalized spacial score (nSPS) is 18.7. The van der Waals surface area contributed by atoms with E-state index < -0.39 is 6.10 Å². The van der Waals surface area contributed by atoms with Crippen molar-refractivity contribution in [2.45, 2.75) is 11.9 Å². The average molecular weight is 326 g/mol. The largest absolute Gasteiger partial charge is 0.473 e. The van der Waals surface area contributed by atoms with E-state index in [1.165, 1.54) is 23.9 Å². The van der Waals surface area contributed by atoms with Crippen LogP contribution in [0.25, 0.3) is 0 Å². The minimum atomic E-state index is -0.745. The number of halogens is 1. The highest BCUT2D eigenvalue weighted by molar-refractivity contribution is 8.13. The Morgan fingerprint density at radius 1 is 1.13 bits per heavy atom. The van der Waals surface area contributed by atoms with E-state index in [0.717, 1.165) is 11.1 Å². The summed E-state index contributed by atoms with van der Waals surface area (Å²) < 4.78 is 18.8. The van der Waals surface area contributed by atoms with Gasteiger partial charge in [0.25, 0.3) is 5.91 Å². The first-order chi connectivity index (χ1) is 11.2. The van der Waals surface area contributed by atoms with Crippen molar-refractivity contribution in [2.75, 3.05) is 0 Å². The first-order valence-corrected chi connectivity index (χ1v) is 8.04. The van der Waals surface area contributed by atoms with Gasteiger partial charge in [0.1, 0.15) is 17.3 Å². The highest BCUT2D eigenvalue weighted by Crippen LogP contribution is 2.32. The van der Waals surface area contributed by atoms with E-state index in [4.69, 9.17) is 4.74 Å². The summed E-state index contributed by atoms with van der Waals surface area (Å²) >= 11 is 1.31. The molecule has 0 saturated heterocycles. The maximum absolute atomic E-state index is 13.2. The van der Waals surface area contributed by atoms with Crippen molar-refractivity contribution in [3.05, 3.63) is 65.5 Å². The lowest BCUT2D eigenvalue weighted by molar-refractivity contribution is -0.121. The van der Waals surface area contributed by atoms with Gasteiger partial charge >= 0.3 is 0 Å². The van der Waals surface area contributed by atoms with Gasteiger partial charge < -0.3 is 4.74 Å². The van der Waals surface area contributed by atoms with E-state index in [0.29, 0.717) is 22.4 Å². The molecule has 0 fully saturated rings. The number of ether oxygens (including phenoxy) is 1. The SMILES string of the molecule is O=C1N=C(SCc2cccc(F)c2)N=C2c3ccccc3OC12.